The first-order valence-corrected chi connectivity index (χ1v) is 9.89. The third-order valence-electron chi connectivity index (χ3n) is 3.90. The van der Waals surface area contributed by atoms with Crippen LogP contribution in [0.1, 0.15) is 5.56 Å². The number of hydrogen-bond acceptors (Lipinski definition) is 5. The first kappa shape index (κ1) is 16.8. The Morgan fingerprint density at radius 3 is 2.42 bits per heavy atom. The second kappa shape index (κ2) is 6.59. The van der Waals surface area contributed by atoms with Crippen LogP contribution in [0.2, 0.25) is 0 Å². The van der Waals surface area contributed by atoms with Crippen LogP contribution in [0.4, 0.5) is 0 Å². The average Bonchev–Trinajstić information content (AvgIpc) is 2.63. The second-order valence-electron chi connectivity index (χ2n) is 5.74. The molecule has 6 nitrogen and oxygen atoms in total. The molecule has 0 aliphatic carbocycles. The van der Waals surface area contributed by atoms with Crippen molar-refractivity contribution >= 4 is 38.2 Å². The predicted octanol–water partition coefficient (Wildman–Crippen LogP) is 3.47. The molecule has 26 heavy (non-hydrogen) atoms. The lowest BCUT2D eigenvalue weighted by Gasteiger charge is -2.28. The molecular weight excluding hydrogens is 374 g/mol. The molecule has 2 heterocycles. The van der Waals surface area contributed by atoms with Crippen molar-refractivity contribution in [2.45, 2.75) is 0 Å². The molecule has 8 heteroatoms. The van der Waals surface area contributed by atoms with Gasteiger partial charge in [0.25, 0.3) is 10.0 Å². The number of sulfonamides is 1. The van der Waals surface area contributed by atoms with E-state index in [2.05, 4.69) is 9.50 Å². The fraction of sp³-hybridized carbons (Fsp3) is 0.111. The summed E-state index contributed by atoms with van der Waals surface area (Å²) in [5.74, 6) is 1.62. The molecule has 132 valence electrons. The van der Waals surface area contributed by atoms with Gasteiger partial charge >= 0.3 is 0 Å². The highest BCUT2D eigenvalue weighted by Crippen LogP contribution is 2.29. The zero-order chi connectivity index (χ0) is 18.1. The van der Waals surface area contributed by atoms with Crippen LogP contribution in [0, 0.1) is 0 Å². The van der Waals surface area contributed by atoms with E-state index in [1.54, 1.807) is 6.08 Å². The summed E-state index contributed by atoms with van der Waals surface area (Å²) in [6.07, 6.45) is 1.62. The number of halogens is 1. The zero-order valence-corrected chi connectivity index (χ0v) is 15.1. The molecule has 4 rings (SSSR count). The van der Waals surface area contributed by atoms with Crippen molar-refractivity contribution in [3.05, 3.63) is 66.2 Å². The third-order valence-corrected chi connectivity index (χ3v) is 5.23. The summed E-state index contributed by atoms with van der Waals surface area (Å²) in [6.45, 7) is 0.226. The number of benzene rings is 2. The number of allylic oxidation sites excluding steroid dienone is 1. The molecular formula is C18H14ClN3O3S. The van der Waals surface area contributed by atoms with Crippen molar-refractivity contribution < 1.29 is 13.2 Å². The van der Waals surface area contributed by atoms with Crippen LogP contribution in [0.3, 0.4) is 0 Å². The van der Waals surface area contributed by atoms with Crippen LogP contribution < -0.4 is 4.74 Å². The fourth-order valence-corrected chi connectivity index (χ4v) is 3.84. The lowest BCUT2D eigenvalue weighted by atomic mass is 10.0. The number of hydrazone groups is 1. The van der Waals surface area contributed by atoms with E-state index in [9.17, 15) is 8.42 Å². The van der Waals surface area contributed by atoms with Crippen molar-refractivity contribution in [3.8, 4) is 11.5 Å². The van der Waals surface area contributed by atoms with Crippen molar-refractivity contribution in [1.29, 1.82) is 0 Å². The Balaban J connectivity index is 1.66. The van der Waals surface area contributed by atoms with E-state index in [1.165, 1.54) is 5.01 Å². The summed E-state index contributed by atoms with van der Waals surface area (Å²) in [7, 11) is -3.49. The van der Waals surface area contributed by atoms with Gasteiger partial charge in [0.15, 0.2) is 5.84 Å². The third kappa shape index (κ3) is 3.49. The van der Waals surface area contributed by atoms with Crippen LogP contribution >= 0.6 is 11.6 Å². The molecule has 2 aliphatic rings. The number of rotatable bonds is 3. The van der Waals surface area contributed by atoms with E-state index in [4.69, 9.17) is 16.3 Å². The Labute approximate surface area is 156 Å². The largest absolute Gasteiger partial charge is 0.457 e. The van der Waals surface area contributed by atoms with Gasteiger partial charge in [-0.15, -0.1) is 4.40 Å². The first-order chi connectivity index (χ1) is 12.5. The smallest absolute Gasteiger partial charge is 0.256 e. The normalized spacial score (nSPS) is 18.3. The standard InChI is InChI=1S/C18H14ClN3O3S/c19-17-12-16(18-21-26(23,24)11-10-22(18)20-17)13-6-8-15(9-7-13)25-14-4-2-1-3-5-14/h1-9,12H,10-11H2. The minimum Gasteiger partial charge on any atom is -0.457 e. The number of hydrogen-bond donors (Lipinski definition) is 0. The monoisotopic (exact) mass is 387 g/mol. The van der Waals surface area contributed by atoms with E-state index < -0.39 is 10.0 Å². The van der Waals surface area contributed by atoms with Gasteiger partial charge in [-0.1, -0.05) is 41.9 Å². The minimum absolute atomic E-state index is 0.0820. The van der Waals surface area contributed by atoms with E-state index in [-0.39, 0.29) is 23.3 Å². The molecule has 0 spiro atoms. The second-order valence-corrected chi connectivity index (χ2v) is 7.89. The van der Waals surface area contributed by atoms with Gasteiger partial charge in [0.1, 0.15) is 16.7 Å². The lowest BCUT2D eigenvalue weighted by molar-refractivity contribution is 0.463. The van der Waals surface area contributed by atoms with Gasteiger partial charge in [-0.2, -0.15) is 5.10 Å². The van der Waals surface area contributed by atoms with E-state index in [0.29, 0.717) is 11.3 Å². The number of fused-ring (bicyclic) bond motifs is 1. The molecule has 0 N–H and O–H groups in total. The van der Waals surface area contributed by atoms with E-state index in [0.717, 1.165) is 11.3 Å². The SMILES string of the molecule is O=S1(=O)CCN2N=C(Cl)C=C(c3ccc(Oc4ccccc4)cc3)C2=N1. The van der Waals surface area contributed by atoms with Crippen molar-refractivity contribution in [1.82, 2.24) is 5.01 Å². The highest BCUT2D eigenvalue weighted by atomic mass is 35.5. The highest BCUT2D eigenvalue weighted by molar-refractivity contribution is 7.90. The summed E-state index contributed by atoms with van der Waals surface area (Å²) >= 11 is 6.09. The Bertz CT molecular complexity index is 1030. The maximum atomic E-state index is 11.9. The Hall–Kier alpha value is -2.64. The van der Waals surface area contributed by atoms with Crippen molar-refractivity contribution in [3.63, 3.8) is 0 Å². The fourth-order valence-electron chi connectivity index (χ4n) is 2.69. The number of nitrogens with zero attached hydrogens (tertiary/aromatic N) is 3. The van der Waals surface area contributed by atoms with Crippen molar-refractivity contribution in [2.75, 3.05) is 12.3 Å². The molecule has 0 bridgehead atoms. The molecule has 0 aromatic heterocycles. The van der Waals surface area contributed by atoms with Crippen LogP contribution in [0.25, 0.3) is 5.57 Å². The summed E-state index contributed by atoms with van der Waals surface area (Å²) in [4.78, 5) is 0. The van der Waals surface area contributed by atoms with Gasteiger partial charge in [0, 0.05) is 5.57 Å². The Kier molecular flexibility index (Phi) is 4.26. The highest BCUT2D eigenvalue weighted by Gasteiger charge is 2.30. The van der Waals surface area contributed by atoms with Gasteiger partial charge < -0.3 is 4.74 Å². The molecule has 2 aromatic carbocycles. The molecule has 2 aromatic rings. The van der Waals surface area contributed by atoms with Gasteiger partial charge in [0.05, 0.1) is 12.3 Å². The van der Waals surface area contributed by atoms with Gasteiger partial charge in [-0.25, -0.2) is 13.4 Å². The molecule has 0 atom stereocenters. The van der Waals surface area contributed by atoms with Gasteiger partial charge in [0.2, 0.25) is 0 Å². The molecule has 0 fully saturated rings. The lowest BCUT2D eigenvalue weighted by Crippen LogP contribution is -2.38. The quantitative estimate of drug-likeness (QED) is 0.808. The Morgan fingerprint density at radius 1 is 1.00 bits per heavy atom. The van der Waals surface area contributed by atoms with Crippen LogP contribution in [0.15, 0.2) is 70.2 Å². The van der Waals surface area contributed by atoms with Gasteiger partial charge in [-0.05, 0) is 35.9 Å². The van der Waals surface area contributed by atoms with Crippen LogP contribution in [-0.2, 0) is 10.0 Å². The minimum atomic E-state index is -3.49. The van der Waals surface area contributed by atoms with Crippen LogP contribution in [0.5, 0.6) is 11.5 Å². The summed E-state index contributed by atoms with van der Waals surface area (Å²) in [6, 6.07) is 16.7. The summed E-state index contributed by atoms with van der Waals surface area (Å²) in [5, 5.41) is 5.94. The summed E-state index contributed by atoms with van der Waals surface area (Å²) in [5.41, 5.74) is 1.39. The molecule has 0 saturated carbocycles. The molecule has 0 unspecified atom stereocenters. The average molecular weight is 388 g/mol. The summed E-state index contributed by atoms with van der Waals surface area (Å²) < 4.78 is 33.4. The van der Waals surface area contributed by atoms with E-state index in [1.807, 2.05) is 54.6 Å². The zero-order valence-electron chi connectivity index (χ0n) is 13.5. The predicted molar refractivity (Wildman–Crippen MR) is 102 cm³/mol. The number of ether oxygens (including phenoxy) is 1. The van der Waals surface area contributed by atoms with Crippen LogP contribution in [-0.4, -0.2) is 36.7 Å². The molecule has 2 aliphatic heterocycles. The first-order valence-electron chi connectivity index (χ1n) is 7.90. The van der Waals surface area contributed by atoms with Crippen molar-refractivity contribution in [2.24, 2.45) is 9.50 Å². The maximum Gasteiger partial charge on any atom is 0.256 e. The Morgan fingerprint density at radius 2 is 1.69 bits per heavy atom. The topological polar surface area (TPSA) is 71.3 Å². The van der Waals surface area contributed by atoms with E-state index >= 15 is 0 Å². The molecule has 0 amide bonds. The number of para-hydroxylation sites is 1. The number of amidine groups is 1. The van der Waals surface area contributed by atoms with Gasteiger partial charge in [-0.3, -0.25) is 0 Å². The molecule has 0 radical (unpaired) electrons. The molecule has 0 saturated heterocycles. The maximum absolute atomic E-state index is 11.9.